The summed E-state index contributed by atoms with van der Waals surface area (Å²) in [5.74, 6) is 0. The average Bonchev–Trinajstić information content (AvgIpc) is 2.79. The zero-order valence-corrected chi connectivity index (χ0v) is 14.2. The van der Waals surface area contributed by atoms with Crippen LogP contribution in [0.2, 0.25) is 0 Å². The summed E-state index contributed by atoms with van der Waals surface area (Å²) >= 11 is 3.53. The van der Waals surface area contributed by atoms with Crippen molar-refractivity contribution in [2.24, 2.45) is 5.41 Å². The third-order valence-electron chi connectivity index (χ3n) is 3.97. The van der Waals surface area contributed by atoms with Gasteiger partial charge in [0.2, 0.25) is 0 Å². The summed E-state index contributed by atoms with van der Waals surface area (Å²) in [5, 5.41) is 21.0. The van der Waals surface area contributed by atoms with E-state index < -0.39 is 0 Å². The van der Waals surface area contributed by atoms with Crippen LogP contribution in [-0.2, 0) is 6.54 Å². The fourth-order valence-corrected chi connectivity index (χ4v) is 3.14. The molecule has 0 aliphatic carbocycles. The number of benzene rings is 2. The van der Waals surface area contributed by atoms with Crippen molar-refractivity contribution >= 4 is 37.7 Å². The summed E-state index contributed by atoms with van der Waals surface area (Å²) in [7, 11) is 0. The highest BCUT2D eigenvalue weighted by Crippen LogP contribution is 2.33. The van der Waals surface area contributed by atoms with E-state index in [1.165, 1.54) is 0 Å². The smallest absolute Gasteiger partial charge is 0.0991 e. The van der Waals surface area contributed by atoms with Crippen molar-refractivity contribution in [2.45, 2.75) is 20.4 Å². The highest BCUT2D eigenvalue weighted by molar-refractivity contribution is 9.10. The SMILES string of the molecule is CC(C)(CO)Cn1c2ccc(C#N)cc2c2ccc(Br)cc21. The summed E-state index contributed by atoms with van der Waals surface area (Å²) < 4.78 is 3.25. The third kappa shape index (κ3) is 2.51. The highest BCUT2D eigenvalue weighted by atomic mass is 79.9. The van der Waals surface area contributed by atoms with Crippen molar-refractivity contribution in [1.29, 1.82) is 5.26 Å². The molecule has 0 aliphatic heterocycles. The second-order valence-electron chi connectivity index (χ2n) is 6.41. The molecule has 0 unspecified atom stereocenters. The Labute approximate surface area is 137 Å². The summed E-state index contributed by atoms with van der Waals surface area (Å²) in [6.07, 6.45) is 0. The van der Waals surface area contributed by atoms with Crippen molar-refractivity contribution in [3.8, 4) is 6.07 Å². The lowest BCUT2D eigenvalue weighted by molar-refractivity contribution is 0.143. The number of nitrogens with zero attached hydrogens (tertiary/aromatic N) is 2. The molecule has 112 valence electrons. The van der Waals surface area contributed by atoms with Gasteiger partial charge in [-0.3, -0.25) is 0 Å². The van der Waals surface area contributed by atoms with Crippen LogP contribution < -0.4 is 0 Å². The maximum atomic E-state index is 9.61. The molecule has 3 rings (SSSR count). The number of halogens is 1. The van der Waals surface area contributed by atoms with Gasteiger partial charge in [-0.25, -0.2) is 0 Å². The minimum Gasteiger partial charge on any atom is -0.396 e. The van der Waals surface area contributed by atoms with Gasteiger partial charge in [-0.05, 0) is 30.3 Å². The quantitative estimate of drug-likeness (QED) is 0.753. The minimum atomic E-state index is -0.213. The molecule has 3 nitrogen and oxygen atoms in total. The molecule has 0 fully saturated rings. The van der Waals surface area contributed by atoms with E-state index in [1.807, 2.05) is 38.1 Å². The van der Waals surface area contributed by atoms with Crippen LogP contribution in [-0.4, -0.2) is 16.3 Å². The number of rotatable bonds is 3. The molecule has 0 spiro atoms. The molecular weight excluding hydrogens is 340 g/mol. The van der Waals surface area contributed by atoms with Gasteiger partial charge >= 0.3 is 0 Å². The molecular formula is C18H17BrN2O. The monoisotopic (exact) mass is 356 g/mol. The van der Waals surface area contributed by atoms with Gasteiger partial charge in [-0.2, -0.15) is 5.26 Å². The van der Waals surface area contributed by atoms with E-state index in [2.05, 4.69) is 38.7 Å². The van der Waals surface area contributed by atoms with E-state index in [4.69, 9.17) is 5.26 Å². The Hall–Kier alpha value is -1.83. The van der Waals surface area contributed by atoms with Gasteiger partial charge in [0, 0.05) is 39.3 Å². The molecule has 22 heavy (non-hydrogen) atoms. The van der Waals surface area contributed by atoms with E-state index in [9.17, 15) is 5.11 Å². The van der Waals surface area contributed by atoms with Crippen molar-refractivity contribution in [2.75, 3.05) is 6.61 Å². The third-order valence-corrected chi connectivity index (χ3v) is 4.46. The first-order chi connectivity index (χ1) is 10.4. The standard InChI is InChI=1S/C18H17BrN2O/c1-18(2,11-22)10-21-16-6-3-12(9-20)7-15(16)14-5-4-13(19)8-17(14)21/h3-8,22H,10-11H2,1-2H3. The lowest BCUT2D eigenvalue weighted by Crippen LogP contribution is -2.23. The summed E-state index contributed by atoms with van der Waals surface area (Å²) in [6, 6.07) is 14.2. The Morgan fingerprint density at radius 1 is 1.14 bits per heavy atom. The lowest BCUT2D eigenvalue weighted by atomic mass is 9.95. The number of aromatic nitrogens is 1. The van der Waals surface area contributed by atoms with Gasteiger partial charge in [0.15, 0.2) is 0 Å². The van der Waals surface area contributed by atoms with Gasteiger partial charge in [0.25, 0.3) is 0 Å². The van der Waals surface area contributed by atoms with Gasteiger partial charge in [0.05, 0.1) is 17.1 Å². The number of fused-ring (bicyclic) bond motifs is 3. The van der Waals surface area contributed by atoms with Crippen molar-refractivity contribution in [3.63, 3.8) is 0 Å². The average molecular weight is 357 g/mol. The molecule has 0 bridgehead atoms. The van der Waals surface area contributed by atoms with E-state index in [1.54, 1.807) is 0 Å². The summed E-state index contributed by atoms with van der Waals surface area (Å²) in [4.78, 5) is 0. The first-order valence-corrected chi connectivity index (χ1v) is 7.97. The lowest BCUT2D eigenvalue weighted by Gasteiger charge is -2.23. The first kappa shape index (κ1) is 15.1. The van der Waals surface area contributed by atoms with Crippen LogP contribution in [0.4, 0.5) is 0 Å². The zero-order chi connectivity index (χ0) is 15.9. The molecule has 1 N–H and O–H groups in total. The van der Waals surface area contributed by atoms with Crippen LogP contribution in [0.3, 0.4) is 0 Å². The second kappa shape index (κ2) is 5.42. The normalized spacial score (nSPS) is 12.0. The Kier molecular flexibility index (Phi) is 3.72. The van der Waals surface area contributed by atoms with Crippen LogP contribution in [0.5, 0.6) is 0 Å². The Morgan fingerprint density at radius 2 is 1.91 bits per heavy atom. The molecule has 0 atom stereocenters. The number of aliphatic hydroxyl groups excluding tert-OH is 1. The molecule has 0 radical (unpaired) electrons. The van der Waals surface area contributed by atoms with E-state index in [0.29, 0.717) is 12.1 Å². The molecule has 4 heteroatoms. The molecule has 2 aromatic carbocycles. The summed E-state index contributed by atoms with van der Waals surface area (Å²) in [5.41, 5.74) is 2.65. The molecule has 1 aromatic heterocycles. The molecule has 3 aromatic rings. The van der Waals surface area contributed by atoms with Gasteiger partial charge < -0.3 is 9.67 Å². The highest BCUT2D eigenvalue weighted by Gasteiger charge is 2.21. The molecule has 0 aliphatic rings. The largest absolute Gasteiger partial charge is 0.396 e. The van der Waals surface area contributed by atoms with Gasteiger partial charge in [0.1, 0.15) is 0 Å². The first-order valence-electron chi connectivity index (χ1n) is 7.18. The van der Waals surface area contributed by atoms with Crippen LogP contribution in [0, 0.1) is 16.7 Å². The Morgan fingerprint density at radius 3 is 2.59 bits per heavy atom. The fraction of sp³-hybridized carbons (Fsp3) is 0.278. The van der Waals surface area contributed by atoms with Crippen molar-refractivity contribution < 1.29 is 5.11 Å². The minimum absolute atomic E-state index is 0.123. The van der Waals surface area contributed by atoms with Crippen LogP contribution >= 0.6 is 15.9 Å². The second-order valence-corrected chi connectivity index (χ2v) is 7.33. The van der Waals surface area contributed by atoms with Gasteiger partial charge in [-0.1, -0.05) is 35.8 Å². The van der Waals surface area contributed by atoms with E-state index in [-0.39, 0.29) is 12.0 Å². The van der Waals surface area contributed by atoms with Crippen LogP contribution in [0.25, 0.3) is 21.8 Å². The van der Waals surface area contributed by atoms with E-state index in [0.717, 1.165) is 26.3 Å². The van der Waals surface area contributed by atoms with Crippen molar-refractivity contribution in [1.82, 2.24) is 4.57 Å². The van der Waals surface area contributed by atoms with E-state index >= 15 is 0 Å². The van der Waals surface area contributed by atoms with Crippen LogP contribution in [0.1, 0.15) is 19.4 Å². The maximum Gasteiger partial charge on any atom is 0.0991 e. The number of hydrogen-bond donors (Lipinski definition) is 1. The maximum absolute atomic E-state index is 9.61. The number of aliphatic hydroxyl groups is 1. The molecule has 0 saturated heterocycles. The molecule has 1 heterocycles. The Balaban J connectivity index is 2.36. The predicted molar refractivity (Wildman–Crippen MR) is 92.7 cm³/mol. The molecule has 0 amide bonds. The summed E-state index contributed by atoms with van der Waals surface area (Å²) in [6.45, 7) is 4.93. The van der Waals surface area contributed by atoms with Gasteiger partial charge in [-0.15, -0.1) is 0 Å². The topological polar surface area (TPSA) is 49.0 Å². The number of nitriles is 1. The zero-order valence-electron chi connectivity index (χ0n) is 12.6. The fourth-order valence-electron chi connectivity index (χ4n) is 2.79. The van der Waals surface area contributed by atoms with Crippen LogP contribution in [0.15, 0.2) is 40.9 Å². The number of hydrogen-bond acceptors (Lipinski definition) is 2. The van der Waals surface area contributed by atoms with Crippen molar-refractivity contribution in [3.05, 3.63) is 46.4 Å². The Bertz CT molecular complexity index is 903. The molecule has 0 saturated carbocycles. The predicted octanol–water partition coefficient (Wildman–Crippen LogP) is 4.45.